The Hall–Kier alpha value is -5.45. The number of hydrogen-bond acceptors (Lipinski definition) is 6. The molecule has 1 heterocycles. The number of carbonyl (C=O) groups is 2. The summed E-state index contributed by atoms with van der Waals surface area (Å²) in [7, 11) is 3.96. The molecule has 1 amide bonds. The van der Waals surface area contributed by atoms with Crippen molar-refractivity contribution in [2.24, 2.45) is 0 Å². The van der Waals surface area contributed by atoms with Gasteiger partial charge in [0.25, 0.3) is 0 Å². The minimum atomic E-state index is -5.08. The lowest BCUT2D eigenvalue weighted by molar-refractivity contribution is -0.192. The number of carboxylic acid groups (broad SMARTS) is 1. The zero-order valence-electron chi connectivity index (χ0n) is 24.0. The van der Waals surface area contributed by atoms with Crippen molar-refractivity contribution in [1.29, 1.82) is 0 Å². The second-order valence-corrected chi connectivity index (χ2v) is 9.92. The van der Waals surface area contributed by atoms with Crippen molar-refractivity contribution < 1.29 is 27.9 Å². The standard InChI is InChI=1S/C31H29N5O.C2HF3O2/c1-36(2)30-27-10-6-7-11-28(27)34-31(35-30)32-21-23-14-18-26(19-15-23)33-29(37)20-22-12-16-25(17-13-22)24-8-4-3-5-9-24;3-2(4,5)1(6)7/h3-19H,20-21H2,1-2H3,(H,33,37)(H,32,34,35);(H,6,7). The number of rotatable bonds is 8. The average Bonchev–Trinajstić information content (AvgIpc) is 3.01. The van der Waals surface area contributed by atoms with Gasteiger partial charge in [-0.1, -0.05) is 78.9 Å². The highest BCUT2D eigenvalue weighted by Gasteiger charge is 2.38. The summed E-state index contributed by atoms with van der Waals surface area (Å²) in [6.45, 7) is 0.577. The molecule has 0 unspecified atom stereocenters. The number of alkyl halides is 3. The van der Waals surface area contributed by atoms with Gasteiger partial charge in [0.05, 0.1) is 11.9 Å². The van der Waals surface area contributed by atoms with Crippen molar-refractivity contribution in [3.63, 3.8) is 0 Å². The molecule has 11 heteroatoms. The Morgan fingerprint density at radius 2 is 1.34 bits per heavy atom. The third-order valence-electron chi connectivity index (χ3n) is 6.36. The zero-order valence-corrected chi connectivity index (χ0v) is 24.0. The first-order chi connectivity index (χ1) is 21.0. The highest BCUT2D eigenvalue weighted by Crippen LogP contribution is 2.24. The van der Waals surface area contributed by atoms with E-state index in [2.05, 4.69) is 44.9 Å². The monoisotopic (exact) mass is 601 g/mol. The number of nitrogens with one attached hydrogen (secondary N) is 2. The number of nitrogens with zero attached hydrogens (tertiary/aromatic N) is 3. The van der Waals surface area contributed by atoms with Crippen molar-refractivity contribution in [2.75, 3.05) is 29.6 Å². The SMILES string of the molecule is CN(C)c1nc(NCc2ccc(NC(=O)Cc3ccc(-c4ccccc4)cc3)cc2)nc2ccccc12.O=C(O)C(F)(F)F. The van der Waals surface area contributed by atoms with Crippen molar-refractivity contribution in [3.8, 4) is 11.1 Å². The molecule has 5 aromatic rings. The van der Waals surface area contributed by atoms with Crippen LogP contribution in [0.25, 0.3) is 22.0 Å². The average molecular weight is 602 g/mol. The van der Waals surface area contributed by atoms with E-state index >= 15 is 0 Å². The summed E-state index contributed by atoms with van der Waals surface area (Å²) in [6, 6.07) is 34.1. The van der Waals surface area contributed by atoms with Crippen LogP contribution >= 0.6 is 0 Å². The Morgan fingerprint density at radius 1 is 0.773 bits per heavy atom. The first kappa shape index (κ1) is 31.5. The quantitative estimate of drug-likeness (QED) is 0.180. The predicted molar refractivity (Wildman–Crippen MR) is 166 cm³/mol. The minimum Gasteiger partial charge on any atom is -0.475 e. The van der Waals surface area contributed by atoms with Crippen LogP contribution in [0.3, 0.4) is 0 Å². The van der Waals surface area contributed by atoms with Crippen LogP contribution < -0.4 is 15.5 Å². The van der Waals surface area contributed by atoms with Gasteiger partial charge in [-0.2, -0.15) is 18.2 Å². The summed E-state index contributed by atoms with van der Waals surface area (Å²) in [5, 5.41) is 14.5. The predicted octanol–water partition coefficient (Wildman–Crippen LogP) is 6.79. The molecule has 3 N–H and O–H groups in total. The van der Waals surface area contributed by atoms with E-state index in [9.17, 15) is 18.0 Å². The third kappa shape index (κ3) is 8.78. The highest BCUT2D eigenvalue weighted by molar-refractivity contribution is 5.92. The summed E-state index contributed by atoms with van der Waals surface area (Å²) in [6.07, 6.45) is -4.76. The molecule has 0 spiro atoms. The van der Waals surface area contributed by atoms with Crippen molar-refractivity contribution >= 4 is 40.2 Å². The summed E-state index contributed by atoms with van der Waals surface area (Å²) < 4.78 is 31.7. The van der Waals surface area contributed by atoms with Gasteiger partial charge in [0.15, 0.2) is 0 Å². The fourth-order valence-electron chi connectivity index (χ4n) is 4.20. The fraction of sp³-hybridized carbons (Fsp3) is 0.152. The van der Waals surface area contributed by atoms with E-state index in [0.717, 1.165) is 39.1 Å². The molecular formula is C33H30F3N5O3. The van der Waals surface area contributed by atoms with E-state index in [0.29, 0.717) is 18.9 Å². The van der Waals surface area contributed by atoms with E-state index in [1.54, 1.807) is 0 Å². The molecule has 0 bridgehead atoms. The van der Waals surface area contributed by atoms with Crippen LogP contribution in [0.5, 0.6) is 0 Å². The maximum atomic E-state index is 12.6. The number of anilines is 3. The Kier molecular flexibility index (Phi) is 10.1. The molecule has 1 aromatic heterocycles. The van der Waals surface area contributed by atoms with Crippen LogP contribution in [-0.4, -0.2) is 47.2 Å². The largest absolute Gasteiger partial charge is 0.490 e. The number of para-hydroxylation sites is 1. The molecule has 0 saturated carbocycles. The Morgan fingerprint density at radius 3 is 1.95 bits per heavy atom. The van der Waals surface area contributed by atoms with Crippen LogP contribution in [0.15, 0.2) is 103 Å². The number of halogens is 3. The summed E-state index contributed by atoms with van der Waals surface area (Å²) >= 11 is 0. The van der Waals surface area contributed by atoms with Crippen LogP contribution in [0.2, 0.25) is 0 Å². The van der Waals surface area contributed by atoms with Gasteiger partial charge in [-0.25, -0.2) is 9.78 Å². The Bertz CT molecular complexity index is 1710. The first-order valence-electron chi connectivity index (χ1n) is 13.5. The lowest BCUT2D eigenvalue weighted by Crippen LogP contribution is -2.21. The van der Waals surface area contributed by atoms with Gasteiger partial charge < -0.3 is 20.6 Å². The number of fused-ring (bicyclic) bond motifs is 1. The normalized spacial score (nSPS) is 10.8. The van der Waals surface area contributed by atoms with Gasteiger partial charge >= 0.3 is 12.1 Å². The zero-order chi connectivity index (χ0) is 31.7. The van der Waals surface area contributed by atoms with E-state index in [1.807, 2.05) is 97.9 Å². The number of carboxylic acids is 1. The number of hydrogen-bond donors (Lipinski definition) is 3. The number of amides is 1. The topological polar surface area (TPSA) is 107 Å². The van der Waals surface area contributed by atoms with Gasteiger partial charge in [0.2, 0.25) is 11.9 Å². The van der Waals surface area contributed by atoms with Gasteiger partial charge in [0.1, 0.15) is 5.82 Å². The molecule has 226 valence electrons. The first-order valence-corrected chi connectivity index (χ1v) is 13.5. The molecule has 0 radical (unpaired) electrons. The van der Waals surface area contributed by atoms with Gasteiger partial charge in [-0.3, -0.25) is 4.79 Å². The molecule has 4 aromatic carbocycles. The minimum absolute atomic E-state index is 0.0425. The van der Waals surface area contributed by atoms with E-state index < -0.39 is 12.1 Å². The van der Waals surface area contributed by atoms with Gasteiger partial charge in [0, 0.05) is 31.7 Å². The molecular weight excluding hydrogens is 571 g/mol. The Balaban J connectivity index is 0.000000566. The van der Waals surface area contributed by atoms with Crippen LogP contribution in [-0.2, 0) is 22.6 Å². The molecule has 0 saturated heterocycles. The fourth-order valence-corrected chi connectivity index (χ4v) is 4.20. The molecule has 0 aliphatic carbocycles. The van der Waals surface area contributed by atoms with Crippen LogP contribution in [0, 0.1) is 0 Å². The molecule has 5 rings (SSSR count). The molecule has 0 atom stereocenters. The van der Waals surface area contributed by atoms with Crippen molar-refractivity contribution in [2.45, 2.75) is 19.1 Å². The summed E-state index contributed by atoms with van der Waals surface area (Å²) in [4.78, 5) is 32.8. The molecule has 0 aliphatic heterocycles. The molecule has 8 nitrogen and oxygen atoms in total. The van der Waals surface area contributed by atoms with Crippen molar-refractivity contribution in [3.05, 3.63) is 114 Å². The Labute approximate surface area is 252 Å². The van der Waals surface area contributed by atoms with Gasteiger partial charge in [-0.05, 0) is 46.5 Å². The van der Waals surface area contributed by atoms with E-state index in [4.69, 9.17) is 9.90 Å². The lowest BCUT2D eigenvalue weighted by atomic mass is 10.0. The van der Waals surface area contributed by atoms with E-state index in [-0.39, 0.29) is 5.91 Å². The second kappa shape index (κ2) is 14.1. The van der Waals surface area contributed by atoms with Crippen LogP contribution in [0.4, 0.5) is 30.6 Å². The lowest BCUT2D eigenvalue weighted by Gasteiger charge is -2.16. The number of aliphatic carboxylic acids is 1. The molecule has 0 fully saturated rings. The van der Waals surface area contributed by atoms with Crippen LogP contribution in [0.1, 0.15) is 11.1 Å². The van der Waals surface area contributed by atoms with Gasteiger partial charge in [-0.15, -0.1) is 0 Å². The van der Waals surface area contributed by atoms with Crippen molar-refractivity contribution in [1.82, 2.24) is 9.97 Å². The summed E-state index contributed by atoms with van der Waals surface area (Å²) in [5.74, 6) is -1.34. The number of aromatic nitrogens is 2. The van der Waals surface area contributed by atoms with E-state index in [1.165, 1.54) is 5.56 Å². The number of benzene rings is 4. The number of carbonyl (C=O) groups excluding carboxylic acids is 1. The maximum Gasteiger partial charge on any atom is 0.490 e. The molecule has 44 heavy (non-hydrogen) atoms. The smallest absolute Gasteiger partial charge is 0.475 e. The summed E-state index contributed by atoms with van der Waals surface area (Å²) in [5.41, 5.74) is 6.02. The highest BCUT2D eigenvalue weighted by atomic mass is 19.4. The third-order valence-corrected chi connectivity index (χ3v) is 6.36. The second-order valence-electron chi connectivity index (χ2n) is 9.92. The molecule has 0 aliphatic rings. The maximum absolute atomic E-state index is 12.6.